The fourth-order valence-electron chi connectivity index (χ4n) is 1.73. The lowest BCUT2D eigenvalue weighted by molar-refractivity contribution is -0.389. The Morgan fingerprint density at radius 1 is 1.64 bits per heavy atom. The van der Waals surface area contributed by atoms with E-state index in [4.69, 9.17) is 11.6 Å². The van der Waals surface area contributed by atoms with Crippen molar-refractivity contribution < 1.29 is 9.72 Å². The molecule has 0 atom stereocenters. The Kier molecular flexibility index (Phi) is 4.51. The summed E-state index contributed by atoms with van der Waals surface area (Å²) < 4.78 is 1.71. The zero-order chi connectivity index (χ0) is 16.3. The zero-order valence-corrected chi connectivity index (χ0v) is 12.5. The van der Waals surface area contributed by atoms with Gasteiger partial charge in [-0.05, 0) is 24.8 Å². The Bertz CT molecular complexity index is 749. The van der Waals surface area contributed by atoms with Crippen molar-refractivity contribution in [2.45, 2.75) is 20.4 Å². The number of aromatic nitrogens is 4. The second-order valence-electron chi connectivity index (χ2n) is 4.16. The summed E-state index contributed by atoms with van der Waals surface area (Å²) in [6.07, 6.45) is 1.62. The molecule has 0 radical (unpaired) electrons. The zero-order valence-electron chi connectivity index (χ0n) is 11.7. The number of hydrazone groups is 1. The van der Waals surface area contributed by atoms with E-state index in [0.29, 0.717) is 12.3 Å². The number of amides is 1. The third kappa shape index (κ3) is 2.96. The van der Waals surface area contributed by atoms with E-state index >= 15 is 0 Å². The molecule has 2 aromatic rings. The van der Waals surface area contributed by atoms with Crippen LogP contribution in [-0.2, 0) is 6.54 Å². The molecule has 1 amide bonds. The number of nitrogens with one attached hydrogen (secondary N) is 2. The van der Waals surface area contributed by atoms with Gasteiger partial charge in [0.15, 0.2) is 10.7 Å². The first-order valence-electron chi connectivity index (χ1n) is 6.20. The first-order valence-corrected chi connectivity index (χ1v) is 6.58. The molecule has 2 rings (SSSR count). The number of nitro groups is 1. The number of rotatable bonds is 5. The van der Waals surface area contributed by atoms with Crippen molar-refractivity contribution in [3.05, 3.63) is 38.8 Å². The average Bonchev–Trinajstić information content (AvgIpc) is 3.10. The van der Waals surface area contributed by atoms with Crippen molar-refractivity contribution in [1.82, 2.24) is 25.4 Å². The van der Waals surface area contributed by atoms with Crippen LogP contribution in [0.5, 0.6) is 0 Å². The second kappa shape index (κ2) is 6.35. The molecule has 0 fully saturated rings. The molecular weight excluding hydrogens is 314 g/mol. The van der Waals surface area contributed by atoms with Crippen molar-refractivity contribution >= 4 is 29.0 Å². The molecule has 0 saturated heterocycles. The lowest BCUT2D eigenvalue weighted by Crippen LogP contribution is -2.21. The van der Waals surface area contributed by atoms with Crippen molar-refractivity contribution in [2.75, 3.05) is 0 Å². The molecule has 22 heavy (non-hydrogen) atoms. The van der Waals surface area contributed by atoms with Crippen LogP contribution in [0.3, 0.4) is 0 Å². The van der Waals surface area contributed by atoms with Gasteiger partial charge in [-0.1, -0.05) is 16.7 Å². The van der Waals surface area contributed by atoms with Crippen molar-refractivity contribution in [2.24, 2.45) is 5.10 Å². The average molecular weight is 326 g/mol. The summed E-state index contributed by atoms with van der Waals surface area (Å²) in [6, 6.07) is 1.75. The van der Waals surface area contributed by atoms with Gasteiger partial charge in [-0.2, -0.15) is 10.2 Å². The maximum Gasteiger partial charge on any atom is 0.362 e. The molecule has 2 aromatic heterocycles. The standard InChI is InChI=1S/C11H12ClN7O3/c1-3-18-7(4-5-13-18)6(2)14-17-11(20)9-8(12)10(16-15-9)19(21)22/h4-5H,3H2,1-2H3,(H,15,16)(H,17,20)/b14-6+. The van der Waals surface area contributed by atoms with E-state index in [1.807, 2.05) is 6.92 Å². The van der Waals surface area contributed by atoms with Crippen LogP contribution in [-0.4, -0.2) is 36.5 Å². The second-order valence-corrected chi connectivity index (χ2v) is 4.54. The van der Waals surface area contributed by atoms with Gasteiger partial charge >= 0.3 is 5.82 Å². The number of nitrogens with zero attached hydrogens (tertiary/aromatic N) is 5. The highest BCUT2D eigenvalue weighted by Crippen LogP contribution is 2.24. The van der Waals surface area contributed by atoms with Crippen LogP contribution in [0, 0.1) is 10.1 Å². The Morgan fingerprint density at radius 3 is 2.95 bits per heavy atom. The number of hydrogen-bond donors (Lipinski definition) is 2. The third-order valence-electron chi connectivity index (χ3n) is 2.80. The number of carbonyl (C=O) groups is 1. The number of aromatic amines is 1. The fraction of sp³-hybridized carbons (Fsp3) is 0.273. The van der Waals surface area contributed by atoms with E-state index in [9.17, 15) is 14.9 Å². The minimum absolute atomic E-state index is 0.297. The van der Waals surface area contributed by atoms with Gasteiger partial charge in [0.2, 0.25) is 0 Å². The smallest absolute Gasteiger partial charge is 0.358 e. The molecule has 10 nitrogen and oxygen atoms in total. The topological polar surface area (TPSA) is 131 Å². The molecular formula is C11H12ClN7O3. The van der Waals surface area contributed by atoms with E-state index in [1.165, 1.54) is 0 Å². The highest BCUT2D eigenvalue weighted by atomic mass is 35.5. The predicted molar refractivity (Wildman–Crippen MR) is 77.8 cm³/mol. The molecule has 0 saturated carbocycles. The minimum Gasteiger partial charge on any atom is -0.358 e. The summed E-state index contributed by atoms with van der Waals surface area (Å²) in [6.45, 7) is 4.27. The summed E-state index contributed by atoms with van der Waals surface area (Å²) >= 11 is 5.72. The molecule has 0 aliphatic rings. The number of halogens is 1. The number of hydrogen-bond acceptors (Lipinski definition) is 6. The molecule has 0 unspecified atom stereocenters. The SMILES string of the molecule is CCn1nccc1/C(C)=N/NC(=O)c1n[nH]c([N+](=O)[O-])c1Cl. The van der Waals surface area contributed by atoms with Gasteiger partial charge in [-0.25, -0.2) is 5.43 Å². The van der Waals surface area contributed by atoms with Gasteiger partial charge in [0.05, 0.1) is 11.4 Å². The third-order valence-corrected chi connectivity index (χ3v) is 3.16. The highest BCUT2D eigenvalue weighted by Gasteiger charge is 2.25. The summed E-state index contributed by atoms with van der Waals surface area (Å²) in [4.78, 5) is 21.8. The van der Waals surface area contributed by atoms with Crippen LogP contribution in [0.15, 0.2) is 17.4 Å². The summed E-state index contributed by atoms with van der Waals surface area (Å²) in [5.74, 6) is -1.30. The maximum atomic E-state index is 11.9. The Hall–Kier alpha value is -2.75. The largest absolute Gasteiger partial charge is 0.362 e. The predicted octanol–water partition coefficient (Wildman–Crippen LogP) is 1.34. The molecule has 2 N–H and O–H groups in total. The first kappa shape index (κ1) is 15.6. The van der Waals surface area contributed by atoms with Gasteiger partial charge in [-0.15, -0.1) is 5.10 Å². The maximum absolute atomic E-state index is 11.9. The van der Waals surface area contributed by atoms with Crippen LogP contribution in [0.1, 0.15) is 30.0 Å². The van der Waals surface area contributed by atoms with E-state index in [2.05, 4.69) is 25.8 Å². The van der Waals surface area contributed by atoms with Gasteiger partial charge in [0.1, 0.15) is 0 Å². The van der Waals surface area contributed by atoms with Crippen LogP contribution < -0.4 is 5.43 Å². The van der Waals surface area contributed by atoms with E-state index < -0.39 is 16.6 Å². The van der Waals surface area contributed by atoms with E-state index in [-0.39, 0.29) is 10.7 Å². The van der Waals surface area contributed by atoms with Crippen molar-refractivity contribution in [3.8, 4) is 0 Å². The van der Waals surface area contributed by atoms with Gasteiger partial charge in [-0.3, -0.25) is 9.48 Å². The number of carbonyl (C=O) groups excluding carboxylic acids is 1. The molecule has 11 heteroatoms. The van der Waals surface area contributed by atoms with Crippen LogP contribution in [0.25, 0.3) is 0 Å². The van der Waals surface area contributed by atoms with Crippen molar-refractivity contribution in [3.63, 3.8) is 0 Å². The van der Waals surface area contributed by atoms with Gasteiger partial charge < -0.3 is 10.1 Å². The minimum atomic E-state index is -0.763. The molecule has 0 aliphatic carbocycles. The molecule has 0 bridgehead atoms. The van der Waals surface area contributed by atoms with Crippen LogP contribution in [0.2, 0.25) is 5.02 Å². The van der Waals surface area contributed by atoms with Crippen molar-refractivity contribution in [1.29, 1.82) is 0 Å². The molecule has 0 aliphatic heterocycles. The molecule has 0 aromatic carbocycles. The number of aryl methyl sites for hydroxylation is 1. The summed E-state index contributed by atoms with van der Waals surface area (Å²) in [5, 5.41) is 23.9. The lowest BCUT2D eigenvalue weighted by atomic mass is 10.3. The van der Waals surface area contributed by atoms with Crippen LogP contribution >= 0.6 is 11.6 Å². The molecule has 2 heterocycles. The summed E-state index contributed by atoms with van der Waals surface area (Å²) in [5.41, 5.74) is 3.21. The van der Waals surface area contributed by atoms with E-state index in [1.54, 1.807) is 23.9 Å². The Morgan fingerprint density at radius 2 is 2.36 bits per heavy atom. The molecule has 116 valence electrons. The molecule has 0 spiro atoms. The lowest BCUT2D eigenvalue weighted by Gasteiger charge is -2.04. The van der Waals surface area contributed by atoms with Gasteiger partial charge in [0.25, 0.3) is 5.91 Å². The van der Waals surface area contributed by atoms with Gasteiger partial charge in [0, 0.05) is 12.7 Å². The quantitative estimate of drug-likeness (QED) is 0.486. The summed E-state index contributed by atoms with van der Waals surface area (Å²) in [7, 11) is 0. The Balaban J connectivity index is 2.16. The Labute approximate surface area is 129 Å². The normalized spacial score (nSPS) is 11.5. The van der Waals surface area contributed by atoms with Crippen LogP contribution in [0.4, 0.5) is 5.82 Å². The first-order chi connectivity index (χ1) is 10.5. The highest BCUT2D eigenvalue weighted by molar-refractivity contribution is 6.35. The fourth-order valence-corrected chi connectivity index (χ4v) is 1.97. The van der Waals surface area contributed by atoms with E-state index in [0.717, 1.165) is 5.69 Å². The monoisotopic (exact) mass is 325 g/mol. The number of H-pyrrole nitrogens is 1.